The van der Waals surface area contributed by atoms with Crippen molar-refractivity contribution in [3.63, 3.8) is 0 Å². The van der Waals surface area contributed by atoms with E-state index in [1.807, 2.05) is 11.8 Å². The number of hydrogen-bond acceptors (Lipinski definition) is 4. The smallest absolute Gasteiger partial charge is 0.140 e. The van der Waals surface area contributed by atoms with Gasteiger partial charge < -0.3 is 9.72 Å². The van der Waals surface area contributed by atoms with E-state index >= 15 is 0 Å². The summed E-state index contributed by atoms with van der Waals surface area (Å²) in [6, 6.07) is 0. The first-order valence-corrected chi connectivity index (χ1v) is 8.66. The van der Waals surface area contributed by atoms with Gasteiger partial charge in [0.1, 0.15) is 16.1 Å². The molecule has 0 atom stereocenters. The Bertz CT molecular complexity index is 515. The molecule has 0 unspecified atom stereocenters. The van der Waals surface area contributed by atoms with Crippen LogP contribution in [0.3, 0.4) is 0 Å². The van der Waals surface area contributed by atoms with Crippen LogP contribution in [0, 0.1) is 4.64 Å². The van der Waals surface area contributed by atoms with Crippen molar-refractivity contribution in [2.75, 3.05) is 6.61 Å². The fraction of sp³-hybridized carbons (Fsp3) is 0.714. The molecule has 1 aliphatic carbocycles. The Kier molecular flexibility index (Phi) is 3.96. The second-order valence-electron chi connectivity index (χ2n) is 5.33. The molecule has 0 saturated heterocycles. The SMILES string of the molecule is CCOC1(c2nc(=S)c3c([nH]2)CSC3)CCCCC1. The number of nitrogens with one attached hydrogen (secondary N) is 1. The monoisotopic (exact) mass is 296 g/mol. The van der Waals surface area contributed by atoms with E-state index in [1.165, 1.54) is 30.5 Å². The van der Waals surface area contributed by atoms with Crippen molar-refractivity contribution in [1.82, 2.24) is 9.97 Å². The van der Waals surface area contributed by atoms with Crippen molar-refractivity contribution in [2.45, 2.75) is 56.1 Å². The minimum Gasteiger partial charge on any atom is -0.367 e. The predicted octanol–water partition coefficient (Wildman–Crippen LogP) is 4.08. The van der Waals surface area contributed by atoms with Crippen LogP contribution in [0.25, 0.3) is 0 Å². The molecule has 0 spiro atoms. The zero-order chi connectivity index (χ0) is 13.3. The second-order valence-corrected chi connectivity index (χ2v) is 6.70. The molecule has 3 rings (SSSR count). The number of rotatable bonds is 3. The Morgan fingerprint density at radius 1 is 1.32 bits per heavy atom. The van der Waals surface area contributed by atoms with Crippen LogP contribution in [0.4, 0.5) is 0 Å². The highest BCUT2D eigenvalue weighted by Gasteiger charge is 2.37. The molecular formula is C14H20N2OS2. The van der Waals surface area contributed by atoms with Crippen LogP contribution in [0.5, 0.6) is 0 Å². The highest BCUT2D eigenvalue weighted by atomic mass is 32.2. The summed E-state index contributed by atoms with van der Waals surface area (Å²) in [7, 11) is 0. The van der Waals surface area contributed by atoms with Gasteiger partial charge in [-0.2, -0.15) is 11.8 Å². The Labute approximate surface area is 123 Å². The van der Waals surface area contributed by atoms with Gasteiger partial charge in [0.05, 0.1) is 0 Å². The number of aromatic nitrogens is 2. The lowest BCUT2D eigenvalue weighted by molar-refractivity contribution is -0.0768. The van der Waals surface area contributed by atoms with Gasteiger partial charge in [-0.05, 0) is 19.8 Å². The van der Waals surface area contributed by atoms with Crippen LogP contribution in [0.15, 0.2) is 0 Å². The van der Waals surface area contributed by atoms with Crippen molar-refractivity contribution in [3.8, 4) is 0 Å². The first kappa shape index (κ1) is 13.6. The molecule has 3 nitrogen and oxygen atoms in total. The third-order valence-electron chi connectivity index (χ3n) is 4.11. The van der Waals surface area contributed by atoms with E-state index < -0.39 is 0 Å². The van der Waals surface area contributed by atoms with Gasteiger partial charge in [0.15, 0.2) is 0 Å². The number of ether oxygens (including phenoxy) is 1. The molecular weight excluding hydrogens is 276 g/mol. The normalized spacial score (nSPS) is 21.3. The van der Waals surface area contributed by atoms with E-state index in [1.54, 1.807) is 0 Å². The van der Waals surface area contributed by atoms with Gasteiger partial charge in [-0.25, -0.2) is 4.98 Å². The van der Waals surface area contributed by atoms with E-state index in [4.69, 9.17) is 17.0 Å². The number of thioether (sulfide) groups is 1. The van der Waals surface area contributed by atoms with E-state index in [0.29, 0.717) is 0 Å². The Morgan fingerprint density at radius 3 is 2.84 bits per heavy atom. The molecule has 1 N–H and O–H groups in total. The van der Waals surface area contributed by atoms with Crippen LogP contribution >= 0.6 is 24.0 Å². The van der Waals surface area contributed by atoms with Gasteiger partial charge in [-0.1, -0.05) is 31.5 Å². The van der Waals surface area contributed by atoms with E-state index in [9.17, 15) is 0 Å². The summed E-state index contributed by atoms with van der Waals surface area (Å²) in [6.45, 7) is 2.79. The highest BCUT2D eigenvalue weighted by Crippen LogP contribution is 2.40. The standard InChI is InChI=1S/C14H20N2OS2/c1-2-17-14(6-4-3-5-7-14)13-15-11-9-19-8-10(11)12(18)16-13/h2-9H2,1H3,(H,15,16,18). The predicted molar refractivity (Wildman–Crippen MR) is 80.8 cm³/mol. The molecule has 0 aromatic carbocycles. The zero-order valence-electron chi connectivity index (χ0n) is 11.3. The molecule has 1 saturated carbocycles. The van der Waals surface area contributed by atoms with Crippen LogP contribution < -0.4 is 0 Å². The largest absolute Gasteiger partial charge is 0.367 e. The Balaban J connectivity index is 2.03. The third-order valence-corrected chi connectivity index (χ3v) is 5.43. The lowest BCUT2D eigenvalue weighted by Crippen LogP contribution is -2.35. The fourth-order valence-electron chi connectivity index (χ4n) is 3.14. The Hall–Kier alpha value is -0.390. The molecule has 2 aliphatic rings. The molecule has 1 aliphatic heterocycles. The topological polar surface area (TPSA) is 37.9 Å². The van der Waals surface area contributed by atoms with Crippen LogP contribution in [0.2, 0.25) is 0 Å². The summed E-state index contributed by atoms with van der Waals surface area (Å²) in [5.74, 6) is 3.00. The van der Waals surface area contributed by atoms with Crippen molar-refractivity contribution in [3.05, 3.63) is 21.7 Å². The maximum absolute atomic E-state index is 6.12. The number of aromatic amines is 1. The minimum atomic E-state index is -0.219. The molecule has 104 valence electrons. The van der Waals surface area contributed by atoms with Crippen molar-refractivity contribution in [1.29, 1.82) is 0 Å². The summed E-state index contributed by atoms with van der Waals surface area (Å²) >= 11 is 7.38. The first-order chi connectivity index (χ1) is 9.25. The van der Waals surface area contributed by atoms with Crippen molar-refractivity contribution >= 4 is 24.0 Å². The molecule has 2 heterocycles. The summed E-state index contributed by atoms with van der Waals surface area (Å²) in [6.07, 6.45) is 5.86. The molecule has 1 fully saturated rings. The average molecular weight is 296 g/mol. The second kappa shape index (κ2) is 5.54. The lowest BCUT2D eigenvalue weighted by Gasteiger charge is -2.36. The number of H-pyrrole nitrogens is 1. The molecule has 19 heavy (non-hydrogen) atoms. The molecule has 1 aromatic heterocycles. The lowest BCUT2D eigenvalue weighted by atomic mass is 9.83. The zero-order valence-corrected chi connectivity index (χ0v) is 13.0. The maximum atomic E-state index is 6.12. The van der Waals surface area contributed by atoms with Gasteiger partial charge >= 0.3 is 0 Å². The average Bonchev–Trinajstić information content (AvgIpc) is 2.89. The number of nitrogens with zero attached hydrogens (tertiary/aromatic N) is 1. The van der Waals surface area contributed by atoms with Gasteiger partial charge in [-0.15, -0.1) is 0 Å². The number of fused-ring (bicyclic) bond motifs is 1. The maximum Gasteiger partial charge on any atom is 0.140 e. The van der Waals surface area contributed by atoms with E-state index in [0.717, 1.165) is 41.4 Å². The van der Waals surface area contributed by atoms with E-state index in [-0.39, 0.29) is 5.60 Å². The molecule has 0 radical (unpaired) electrons. The summed E-state index contributed by atoms with van der Waals surface area (Å²) in [5.41, 5.74) is 2.28. The van der Waals surface area contributed by atoms with Crippen molar-refractivity contribution < 1.29 is 4.74 Å². The Morgan fingerprint density at radius 2 is 2.11 bits per heavy atom. The van der Waals surface area contributed by atoms with Crippen LogP contribution in [-0.4, -0.2) is 16.6 Å². The van der Waals surface area contributed by atoms with E-state index in [2.05, 4.69) is 16.9 Å². The van der Waals surface area contributed by atoms with Gasteiger partial charge in [0, 0.05) is 29.4 Å². The fourth-order valence-corrected chi connectivity index (χ4v) is 4.58. The van der Waals surface area contributed by atoms with Crippen LogP contribution in [-0.2, 0) is 21.8 Å². The molecule has 0 amide bonds. The van der Waals surface area contributed by atoms with Gasteiger partial charge in [0.25, 0.3) is 0 Å². The van der Waals surface area contributed by atoms with Crippen LogP contribution in [0.1, 0.15) is 56.1 Å². The molecule has 0 bridgehead atoms. The third kappa shape index (κ3) is 2.48. The minimum absolute atomic E-state index is 0.219. The molecule has 1 aromatic rings. The summed E-state index contributed by atoms with van der Waals surface area (Å²) < 4.78 is 6.90. The summed E-state index contributed by atoms with van der Waals surface area (Å²) in [4.78, 5) is 8.22. The quantitative estimate of drug-likeness (QED) is 0.853. The number of hydrogen-bond donors (Lipinski definition) is 1. The van der Waals surface area contributed by atoms with Crippen molar-refractivity contribution in [2.24, 2.45) is 0 Å². The van der Waals surface area contributed by atoms with Gasteiger partial charge in [0.2, 0.25) is 0 Å². The first-order valence-electron chi connectivity index (χ1n) is 7.09. The summed E-state index contributed by atoms with van der Waals surface area (Å²) in [5, 5.41) is 0. The van der Waals surface area contributed by atoms with Gasteiger partial charge in [-0.3, -0.25) is 0 Å². The highest BCUT2D eigenvalue weighted by molar-refractivity contribution is 7.98. The molecule has 5 heteroatoms.